The van der Waals surface area contributed by atoms with Crippen molar-refractivity contribution in [2.45, 2.75) is 20.3 Å². The van der Waals surface area contributed by atoms with Crippen molar-refractivity contribution in [1.82, 2.24) is 10.2 Å². The van der Waals surface area contributed by atoms with E-state index in [1.807, 2.05) is 6.92 Å². The summed E-state index contributed by atoms with van der Waals surface area (Å²) in [7, 11) is 1.46. The number of ether oxygens (including phenoxy) is 3. The van der Waals surface area contributed by atoms with Gasteiger partial charge in [-0.1, -0.05) is 6.92 Å². The van der Waals surface area contributed by atoms with Crippen LogP contribution < -0.4 is 14.8 Å². The van der Waals surface area contributed by atoms with E-state index in [9.17, 15) is 14.4 Å². The van der Waals surface area contributed by atoms with Gasteiger partial charge in [-0.3, -0.25) is 9.69 Å². The molecule has 1 fully saturated rings. The van der Waals surface area contributed by atoms with Crippen LogP contribution in [0.4, 0.5) is 4.79 Å². The van der Waals surface area contributed by atoms with Gasteiger partial charge in [-0.15, -0.1) is 0 Å². The molecule has 3 amide bonds. The van der Waals surface area contributed by atoms with Crippen molar-refractivity contribution in [2.24, 2.45) is 0 Å². The monoisotopic (exact) mass is 440 g/mol. The number of imide groups is 1. The van der Waals surface area contributed by atoms with Crippen molar-refractivity contribution >= 4 is 39.9 Å². The summed E-state index contributed by atoms with van der Waals surface area (Å²) in [4.78, 5) is 36.8. The Hall–Kier alpha value is -2.55. The SMILES string of the molecule is CCCN1C(=O)N/C(=C/c2cc(Br)c(OCC(=O)OCC)c(OC)c2)C1=O. The number of halogens is 1. The topological polar surface area (TPSA) is 94.2 Å². The number of amides is 3. The lowest BCUT2D eigenvalue weighted by atomic mass is 10.1. The average Bonchev–Trinajstić information content (AvgIpc) is 2.88. The molecule has 0 spiro atoms. The van der Waals surface area contributed by atoms with Gasteiger partial charge in [0.1, 0.15) is 5.70 Å². The van der Waals surface area contributed by atoms with Gasteiger partial charge in [0.25, 0.3) is 5.91 Å². The Labute approximate surface area is 165 Å². The molecule has 0 aliphatic carbocycles. The van der Waals surface area contributed by atoms with Crippen LogP contribution in [0, 0.1) is 0 Å². The van der Waals surface area contributed by atoms with Gasteiger partial charge in [-0.25, -0.2) is 9.59 Å². The van der Waals surface area contributed by atoms with E-state index in [0.29, 0.717) is 34.5 Å². The Bertz CT molecular complexity index is 777. The predicted molar refractivity (Wildman–Crippen MR) is 101 cm³/mol. The standard InChI is InChI=1S/C18H21BrN2O6/c1-4-6-21-17(23)13(20-18(21)24)8-11-7-12(19)16(14(9-11)25-3)27-10-15(22)26-5-2/h7-9H,4-6,10H2,1-3H3,(H,20,24)/b13-8+. The van der Waals surface area contributed by atoms with Crippen LogP contribution in [0.1, 0.15) is 25.8 Å². The number of benzene rings is 1. The highest BCUT2D eigenvalue weighted by atomic mass is 79.9. The maximum atomic E-state index is 12.3. The van der Waals surface area contributed by atoms with Gasteiger partial charge in [0.05, 0.1) is 18.2 Å². The zero-order valence-electron chi connectivity index (χ0n) is 15.3. The van der Waals surface area contributed by atoms with Crippen LogP contribution in [0.3, 0.4) is 0 Å². The first-order valence-corrected chi connectivity index (χ1v) is 9.21. The number of nitrogens with one attached hydrogen (secondary N) is 1. The molecule has 1 heterocycles. The third kappa shape index (κ3) is 5.00. The predicted octanol–water partition coefficient (Wildman–Crippen LogP) is 2.70. The lowest BCUT2D eigenvalue weighted by molar-refractivity contribution is -0.145. The second kappa shape index (κ2) is 9.40. The van der Waals surface area contributed by atoms with Gasteiger partial charge >= 0.3 is 12.0 Å². The molecule has 0 atom stereocenters. The first-order valence-electron chi connectivity index (χ1n) is 8.41. The molecule has 1 N–H and O–H groups in total. The average molecular weight is 441 g/mol. The van der Waals surface area contributed by atoms with Gasteiger partial charge in [0.2, 0.25) is 0 Å². The molecule has 1 aliphatic rings. The number of carbonyl (C=O) groups is 3. The molecule has 0 bridgehead atoms. The van der Waals surface area contributed by atoms with Crippen LogP contribution in [-0.4, -0.2) is 49.7 Å². The fourth-order valence-electron chi connectivity index (χ4n) is 2.46. The lowest BCUT2D eigenvalue weighted by Gasteiger charge is -2.13. The maximum absolute atomic E-state index is 12.3. The summed E-state index contributed by atoms with van der Waals surface area (Å²) in [5, 5.41) is 2.56. The summed E-state index contributed by atoms with van der Waals surface area (Å²) < 4.78 is 16.1. The van der Waals surface area contributed by atoms with Crippen LogP contribution >= 0.6 is 15.9 Å². The molecule has 1 aliphatic heterocycles. The molecule has 0 unspecified atom stereocenters. The van der Waals surface area contributed by atoms with Crippen molar-refractivity contribution in [3.63, 3.8) is 0 Å². The van der Waals surface area contributed by atoms with Crippen LogP contribution in [0.2, 0.25) is 0 Å². The third-order valence-electron chi connectivity index (χ3n) is 3.61. The summed E-state index contributed by atoms with van der Waals surface area (Å²) in [6.45, 7) is 3.96. The molecule has 1 aromatic rings. The van der Waals surface area contributed by atoms with E-state index in [0.717, 1.165) is 4.90 Å². The van der Waals surface area contributed by atoms with Gasteiger partial charge < -0.3 is 19.5 Å². The normalized spacial score (nSPS) is 15.1. The summed E-state index contributed by atoms with van der Waals surface area (Å²) >= 11 is 3.37. The minimum atomic E-state index is -0.493. The Kier molecular flexibility index (Phi) is 7.23. The van der Waals surface area contributed by atoms with E-state index >= 15 is 0 Å². The van der Waals surface area contributed by atoms with Crippen molar-refractivity contribution in [3.8, 4) is 11.5 Å². The summed E-state index contributed by atoms with van der Waals surface area (Å²) in [5.74, 6) is -0.169. The molecule has 8 nitrogen and oxygen atoms in total. The van der Waals surface area contributed by atoms with E-state index in [-0.39, 0.29) is 24.8 Å². The Morgan fingerprint density at radius 3 is 2.67 bits per heavy atom. The highest BCUT2D eigenvalue weighted by Gasteiger charge is 2.32. The molecule has 1 saturated heterocycles. The number of esters is 1. The van der Waals surface area contributed by atoms with E-state index in [2.05, 4.69) is 21.2 Å². The molecule has 27 heavy (non-hydrogen) atoms. The molecule has 9 heteroatoms. The molecule has 2 rings (SSSR count). The van der Waals surface area contributed by atoms with Crippen molar-refractivity contribution < 1.29 is 28.6 Å². The fraction of sp³-hybridized carbons (Fsp3) is 0.389. The molecular weight excluding hydrogens is 420 g/mol. The first-order chi connectivity index (χ1) is 12.9. The number of urea groups is 1. The number of hydrogen-bond acceptors (Lipinski definition) is 6. The van der Waals surface area contributed by atoms with E-state index < -0.39 is 12.0 Å². The van der Waals surface area contributed by atoms with Crippen molar-refractivity contribution in [2.75, 3.05) is 26.9 Å². The zero-order valence-corrected chi connectivity index (χ0v) is 16.9. The molecular formula is C18H21BrN2O6. The summed E-state index contributed by atoms with van der Waals surface area (Å²) in [6, 6.07) is 2.89. The Morgan fingerprint density at radius 1 is 1.30 bits per heavy atom. The van der Waals surface area contributed by atoms with Gasteiger partial charge in [-0.05, 0) is 53.0 Å². The van der Waals surface area contributed by atoms with Crippen molar-refractivity contribution in [3.05, 3.63) is 27.9 Å². The summed E-state index contributed by atoms with van der Waals surface area (Å²) in [6.07, 6.45) is 2.23. The fourth-order valence-corrected chi connectivity index (χ4v) is 3.04. The minimum Gasteiger partial charge on any atom is -0.493 e. The van der Waals surface area contributed by atoms with E-state index in [4.69, 9.17) is 14.2 Å². The molecule has 0 saturated carbocycles. The second-order valence-corrected chi connectivity index (χ2v) is 6.43. The zero-order chi connectivity index (χ0) is 20.0. The maximum Gasteiger partial charge on any atom is 0.344 e. The summed E-state index contributed by atoms with van der Waals surface area (Å²) in [5.41, 5.74) is 0.798. The van der Waals surface area contributed by atoms with Crippen LogP contribution in [0.25, 0.3) is 6.08 Å². The Balaban J connectivity index is 2.24. The van der Waals surface area contributed by atoms with Crippen LogP contribution in [-0.2, 0) is 14.3 Å². The second-order valence-electron chi connectivity index (χ2n) is 5.57. The van der Waals surface area contributed by atoms with E-state index in [1.54, 1.807) is 25.1 Å². The number of nitrogens with zero attached hydrogens (tertiary/aromatic N) is 1. The lowest BCUT2D eigenvalue weighted by Crippen LogP contribution is -2.31. The molecule has 0 aromatic heterocycles. The number of carbonyl (C=O) groups excluding carboxylic acids is 3. The van der Waals surface area contributed by atoms with Gasteiger partial charge in [-0.2, -0.15) is 0 Å². The minimum absolute atomic E-state index is 0.183. The van der Waals surface area contributed by atoms with Crippen molar-refractivity contribution in [1.29, 1.82) is 0 Å². The van der Waals surface area contributed by atoms with Crippen LogP contribution in [0.5, 0.6) is 11.5 Å². The first kappa shape index (κ1) is 20.8. The number of methoxy groups -OCH3 is 1. The van der Waals surface area contributed by atoms with Gasteiger partial charge in [0.15, 0.2) is 18.1 Å². The highest BCUT2D eigenvalue weighted by molar-refractivity contribution is 9.10. The quantitative estimate of drug-likeness (QED) is 0.379. The van der Waals surface area contributed by atoms with E-state index in [1.165, 1.54) is 7.11 Å². The smallest absolute Gasteiger partial charge is 0.344 e. The Morgan fingerprint density at radius 2 is 2.04 bits per heavy atom. The number of hydrogen-bond donors (Lipinski definition) is 1. The molecule has 146 valence electrons. The highest BCUT2D eigenvalue weighted by Crippen LogP contribution is 2.37. The largest absolute Gasteiger partial charge is 0.493 e. The van der Waals surface area contributed by atoms with Crippen LogP contribution in [0.15, 0.2) is 22.3 Å². The molecule has 0 radical (unpaired) electrons. The number of rotatable bonds is 8. The molecule has 1 aromatic carbocycles. The third-order valence-corrected chi connectivity index (χ3v) is 4.20. The van der Waals surface area contributed by atoms with Gasteiger partial charge in [0, 0.05) is 6.54 Å².